The van der Waals surface area contributed by atoms with Gasteiger partial charge in [0.2, 0.25) is 0 Å². The molecule has 0 aliphatic rings. The molecule has 0 saturated heterocycles. The molecule has 5 nitrogen and oxygen atoms in total. The van der Waals surface area contributed by atoms with Crippen LogP contribution in [0.15, 0.2) is 21.7 Å². The lowest BCUT2D eigenvalue weighted by molar-refractivity contribution is -0.129. The number of carbonyl (C=O) groups excluding carboxylic acids is 1. The number of carboxylic acids is 1. The smallest absolute Gasteiger partial charge is 0.351 e. The van der Waals surface area contributed by atoms with Crippen LogP contribution in [0.3, 0.4) is 0 Å². The van der Waals surface area contributed by atoms with Gasteiger partial charge in [-0.1, -0.05) is 11.6 Å². The molecule has 0 bridgehead atoms. The summed E-state index contributed by atoms with van der Waals surface area (Å²) in [5.74, 6) is -2.02. The van der Waals surface area contributed by atoms with E-state index in [1.807, 2.05) is 0 Å². The second kappa shape index (κ2) is 7.69. The summed E-state index contributed by atoms with van der Waals surface area (Å²) >= 11 is 9.05. The minimum Gasteiger partial charge on any atom is -0.477 e. The summed E-state index contributed by atoms with van der Waals surface area (Å²) in [5, 5.41) is 14.1. The monoisotopic (exact) mass is 392 g/mol. The molecule has 0 amide bonds. The number of carbonyl (C=O) groups is 2. The van der Waals surface area contributed by atoms with Gasteiger partial charge >= 0.3 is 5.97 Å². The standard InChI is InChI=1S/C14H15BrClFN2O3/c1-7(14(21)22)18-19(3)8(2)12(20)6-9-11(17)5-4-10(16)13(9)15/h4-5,8H,6H2,1-3H3,(H,21,22). The number of hydrazone groups is 1. The minimum atomic E-state index is -1.17. The van der Waals surface area contributed by atoms with Crippen molar-refractivity contribution in [1.29, 1.82) is 0 Å². The number of benzene rings is 1. The number of nitrogens with zero attached hydrogens (tertiary/aromatic N) is 2. The fourth-order valence-corrected chi connectivity index (χ4v) is 2.27. The third-order valence-electron chi connectivity index (χ3n) is 3.13. The molecule has 22 heavy (non-hydrogen) atoms. The molecule has 1 N–H and O–H groups in total. The molecule has 0 aliphatic heterocycles. The summed E-state index contributed by atoms with van der Waals surface area (Å²) in [7, 11) is 1.48. The van der Waals surface area contributed by atoms with Crippen LogP contribution in [0.5, 0.6) is 0 Å². The Morgan fingerprint density at radius 1 is 1.50 bits per heavy atom. The highest BCUT2D eigenvalue weighted by molar-refractivity contribution is 9.10. The van der Waals surface area contributed by atoms with E-state index in [2.05, 4.69) is 21.0 Å². The molecule has 120 valence electrons. The fraction of sp³-hybridized carbons (Fsp3) is 0.357. The van der Waals surface area contributed by atoms with Gasteiger partial charge in [0.05, 0.1) is 5.02 Å². The lowest BCUT2D eigenvalue weighted by atomic mass is 10.0. The van der Waals surface area contributed by atoms with Gasteiger partial charge in [0.25, 0.3) is 0 Å². The summed E-state index contributed by atoms with van der Waals surface area (Å²) in [6.07, 6.45) is -0.180. The molecule has 1 aromatic rings. The predicted octanol–water partition coefficient (Wildman–Crippen LogP) is 3.13. The topological polar surface area (TPSA) is 70.0 Å². The first-order valence-electron chi connectivity index (χ1n) is 6.31. The van der Waals surface area contributed by atoms with Gasteiger partial charge in [0.15, 0.2) is 5.78 Å². The number of carboxylic acid groups (broad SMARTS) is 1. The van der Waals surface area contributed by atoms with Gasteiger partial charge in [-0.25, -0.2) is 9.18 Å². The van der Waals surface area contributed by atoms with E-state index in [1.165, 1.54) is 31.1 Å². The summed E-state index contributed by atoms with van der Waals surface area (Å²) in [4.78, 5) is 23.0. The van der Waals surface area contributed by atoms with Gasteiger partial charge in [-0.15, -0.1) is 0 Å². The van der Waals surface area contributed by atoms with E-state index in [0.29, 0.717) is 9.50 Å². The van der Waals surface area contributed by atoms with Crippen molar-refractivity contribution in [2.24, 2.45) is 5.10 Å². The van der Waals surface area contributed by atoms with Crippen LogP contribution in [-0.2, 0) is 16.0 Å². The Morgan fingerprint density at radius 3 is 2.64 bits per heavy atom. The largest absolute Gasteiger partial charge is 0.477 e. The van der Waals surface area contributed by atoms with Crippen LogP contribution in [-0.4, -0.2) is 40.7 Å². The van der Waals surface area contributed by atoms with Crippen molar-refractivity contribution in [3.05, 3.63) is 33.0 Å². The van der Waals surface area contributed by atoms with Crippen molar-refractivity contribution in [3.8, 4) is 0 Å². The third-order valence-corrected chi connectivity index (χ3v) is 4.58. The molecule has 0 fully saturated rings. The molecule has 0 aliphatic carbocycles. The van der Waals surface area contributed by atoms with Gasteiger partial charge < -0.3 is 5.11 Å². The number of hydrogen-bond donors (Lipinski definition) is 1. The predicted molar refractivity (Wildman–Crippen MR) is 85.8 cm³/mol. The summed E-state index contributed by atoms with van der Waals surface area (Å²) in [6.45, 7) is 2.89. The Kier molecular flexibility index (Phi) is 6.49. The maximum atomic E-state index is 13.8. The first-order chi connectivity index (χ1) is 10.1. The maximum absolute atomic E-state index is 13.8. The van der Waals surface area contributed by atoms with Gasteiger partial charge in [-0.05, 0) is 41.9 Å². The quantitative estimate of drug-likeness (QED) is 0.458. The van der Waals surface area contributed by atoms with Crippen LogP contribution in [0.2, 0.25) is 5.02 Å². The molecule has 0 saturated carbocycles. The minimum absolute atomic E-state index is 0.141. The molecular formula is C14H15BrClFN2O3. The Labute approximate surface area is 140 Å². The van der Waals surface area contributed by atoms with Crippen molar-refractivity contribution in [2.45, 2.75) is 26.3 Å². The Hall–Kier alpha value is -1.47. The molecule has 0 heterocycles. The van der Waals surface area contributed by atoms with E-state index in [1.54, 1.807) is 6.92 Å². The van der Waals surface area contributed by atoms with Crippen molar-refractivity contribution in [3.63, 3.8) is 0 Å². The van der Waals surface area contributed by atoms with Crippen LogP contribution < -0.4 is 0 Å². The van der Waals surface area contributed by atoms with Crippen molar-refractivity contribution in [1.82, 2.24) is 5.01 Å². The van der Waals surface area contributed by atoms with Gasteiger partial charge in [-0.3, -0.25) is 9.80 Å². The average molecular weight is 394 g/mol. The van der Waals surface area contributed by atoms with Crippen molar-refractivity contribution < 1.29 is 19.1 Å². The van der Waals surface area contributed by atoms with Gasteiger partial charge in [0, 0.05) is 23.5 Å². The summed E-state index contributed by atoms with van der Waals surface area (Å²) in [5.41, 5.74) is 0.0222. The second-order valence-electron chi connectivity index (χ2n) is 4.71. The normalized spacial score (nSPS) is 12.9. The van der Waals surface area contributed by atoms with Gasteiger partial charge in [-0.2, -0.15) is 5.10 Å². The molecule has 1 aromatic carbocycles. The molecule has 0 spiro atoms. The molecular weight excluding hydrogens is 379 g/mol. The zero-order chi connectivity index (χ0) is 17.0. The number of halogens is 3. The number of Topliss-reactive ketones (excluding diaryl/α,β-unsaturated/α-hetero) is 1. The maximum Gasteiger partial charge on any atom is 0.351 e. The zero-order valence-electron chi connectivity index (χ0n) is 12.2. The van der Waals surface area contributed by atoms with E-state index in [4.69, 9.17) is 16.7 Å². The molecule has 1 unspecified atom stereocenters. The summed E-state index contributed by atoms with van der Waals surface area (Å²) < 4.78 is 14.1. The van der Waals surface area contributed by atoms with Crippen LogP contribution in [0.4, 0.5) is 4.39 Å². The Morgan fingerprint density at radius 2 is 2.09 bits per heavy atom. The SMILES string of the molecule is CC(=NN(C)C(C)C(=O)Cc1c(F)ccc(Cl)c1Br)C(=O)O. The Bertz CT molecular complexity index is 637. The van der Waals surface area contributed by atoms with Crippen LogP contribution >= 0.6 is 27.5 Å². The Balaban J connectivity index is 2.92. The number of ketones is 1. The number of hydrogen-bond acceptors (Lipinski definition) is 4. The highest BCUT2D eigenvalue weighted by atomic mass is 79.9. The van der Waals surface area contributed by atoms with E-state index >= 15 is 0 Å². The first kappa shape index (κ1) is 18.6. The average Bonchev–Trinajstić information content (AvgIpc) is 2.46. The van der Waals surface area contributed by atoms with Crippen LogP contribution in [0.25, 0.3) is 0 Å². The van der Waals surface area contributed by atoms with E-state index < -0.39 is 17.8 Å². The zero-order valence-corrected chi connectivity index (χ0v) is 14.6. The highest BCUT2D eigenvalue weighted by Crippen LogP contribution is 2.29. The van der Waals surface area contributed by atoms with E-state index in [0.717, 1.165) is 0 Å². The molecule has 0 aromatic heterocycles. The molecule has 1 rings (SSSR count). The lowest BCUT2D eigenvalue weighted by Crippen LogP contribution is -2.35. The third kappa shape index (κ3) is 4.51. The van der Waals surface area contributed by atoms with E-state index in [-0.39, 0.29) is 23.5 Å². The van der Waals surface area contributed by atoms with Crippen LogP contribution in [0, 0.1) is 5.82 Å². The summed E-state index contributed by atoms with van der Waals surface area (Å²) in [6, 6.07) is 1.88. The van der Waals surface area contributed by atoms with Crippen LogP contribution in [0.1, 0.15) is 19.4 Å². The number of aliphatic carboxylic acids is 1. The molecule has 0 radical (unpaired) electrons. The highest BCUT2D eigenvalue weighted by Gasteiger charge is 2.21. The second-order valence-corrected chi connectivity index (χ2v) is 5.91. The van der Waals surface area contributed by atoms with Crippen molar-refractivity contribution in [2.75, 3.05) is 7.05 Å². The van der Waals surface area contributed by atoms with Crippen molar-refractivity contribution >= 4 is 45.0 Å². The van der Waals surface area contributed by atoms with Gasteiger partial charge in [0.1, 0.15) is 17.6 Å². The number of likely N-dealkylation sites (N-methyl/N-ethyl adjacent to an activating group) is 1. The lowest BCUT2D eigenvalue weighted by Gasteiger charge is -2.21. The molecule has 8 heteroatoms. The first-order valence-corrected chi connectivity index (χ1v) is 7.48. The van der Waals surface area contributed by atoms with E-state index in [9.17, 15) is 14.0 Å². The number of rotatable bonds is 6. The molecule has 1 atom stereocenters. The fourth-order valence-electron chi connectivity index (χ4n) is 1.63.